The van der Waals surface area contributed by atoms with E-state index in [0.29, 0.717) is 12.5 Å². The fourth-order valence-corrected chi connectivity index (χ4v) is 4.30. The van der Waals surface area contributed by atoms with Gasteiger partial charge in [0.2, 0.25) is 0 Å². The van der Waals surface area contributed by atoms with Gasteiger partial charge in [0, 0.05) is 24.5 Å². The van der Waals surface area contributed by atoms with Gasteiger partial charge in [-0.15, -0.1) is 11.3 Å². The van der Waals surface area contributed by atoms with Gasteiger partial charge in [0.15, 0.2) is 5.13 Å². The van der Waals surface area contributed by atoms with Crippen LogP contribution in [-0.4, -0.2) is 18.1 Å². The van der Waals surface area contributed by atoms with Gasteiger partial charge < -0.3 is 10.6 Å². The summed E-state index contributed by atoms with van der Waals surface area (Å²) in [7, 11) is 0. The van der Waals surface area contributed by atoms with E-state index in [1.54, 1.807) is 0 Å². The lowest BCUT2D eigenvalue weighted by Gasteiger charge is -2.20. The Hall–Kier alpha value is -0.610. The average Bonchev–Trinajstić information content (AvgIpc) is 2.75. The van der Waals surface area contributed by atoms with Crippen molar-refractivity contribution in [1.29, 1.82) is 0 Å². The molecule has 2 atom stereocenters. The first-order valence-corrected chi connectivity index (χ1v) is 9.33. The second-order valence-electron chi connectivity index (χ2n) is 6.74. The molecule has 1 aliphatic rings. The molecule has 0 aliphatic carbocycles. The smallest absolute Gasteiger partial charge is 0.185 e. The molecule has 0 amide bonds. The van der Waals surface area contributed by atoms with Crippen molar-refractivity contribution in [3.8, 4) is 0 Å². The van der Waals surface area contributed by atoms with Crippen molar-refractivity contribution < 1.29 is 0 Å². The molecule has 0 aromatic carbocycles. The number of thiazole rings is 1. The molecular weight excluding hydrogens is 278 g/mol. The zero-order valence-electron chi connectivity index (χ0n) is 14.1. The van der Waals surface area contributed by atoms with E-state index in [4.69, 9.17) is 10.7 Å². The van der Waals surface area contributed by atoms with Crippen LogP contribution in [0.5, 0.6) is 0 Å². The number of hydrogen-bond acceptors (Lipinski definition) is 4. The Morgan fingerprint density at radius 1 is 1.29 bits per heavy atom. The summed E-state index contributed by atoms with van der Waals surface area (Å²) in [4.78, 5) is 8.73. The first-order valence-electron chi connectivity index (χ1n) is 8.51. The van der Waals surface area contributed by atoms with Gasteiger partial charge in [0.25, 0.3) is 0 Å². The Morgan fingerprint density at radius 2 is 2.05 bits per heavy atom. The number of anilines is 1. The molecule has 1 aromatic rings. The molecule has 2 heterocycles. The maximum Gasteiger partial charge on any atom is 0.185 e. The van der Waals surface area contributed by atoms with Crippen LogP contribution in [0, 0.1) is 11.8 Å². The maximum atomic E-state index is 5.93. The second-order valence-corrected chi connectivity index (χ2v) is 7.80. The minimum Gasteiger partial charge on any atom is -0.348 e. The Balaban J connectivity index is 2.12. The molecule has 0 spiro atoms. The van der Waals surface area contributed by atoms with Crippen LogP contribution < -0.4 is 10.6 Å². The van der Waals surface area contributed by atoms with Gasteiger partial charge in [-0.3, -0.25) is 0 Å². The van der Waals surface area contributed by atoms with Crippen LogP contribution in [0.25, 0.3) is 0 Å². The Morgan fingerprint density at radius 3 is 2.67 bits per heavy atom. The molecule has 1 fully saturated rings. The van der Waals surface area contributed by atoms with Crippen molar-refractivity contribution in [3.05, 3.63) is 10.6 Å². The first kappa shape index (κ1) is 16.8. The molecule has 2 N–H and O–H groups in total. The third-order valence-electron chi connectivity index (χ3n) is 4.97. The standard InChI is InChI=1S/C17H31N3S/c1-5-13(4)16-15(11-18)21-17(19-16)20-9-6-7-14(8-10-20)12(2)3/h12-14H,5-11,18H2,1-4H3. The molecule has 2 unspecified atom stereocenters. The normalized spacial score (nSPS) is 21.6. The van der Waals surface area contributed by atoms with Crippen LogP contribution in [0.3, 0.4) is 0 Å². The van der Waals surface area contributed by atoms with E-state index < -0.39 is 0 Å². The highest BCUT2D eigenvalue weighted by Gasteiger charge is 2.23. The van der Waals surface area contributed by atoms with E-state index in [-0.39, 0.29) is 0 Å². The minimum absolute atomic E-state index is 0.518. The summed E-state index contributed by atoms with van der Waals surface area (Å²) in [5.74, 6) is 2.19. The van der Waals surface area contributed by atoms with E-state index >= 15 is 0 Å². The third-order valence-corrected chi connectivity index (χ3v) is 6.12. The van der Waals surface area contributed by atoms with Crippen molar-refractivity contribution >= 4 is 16.5 Å². The van der Waals surface area contributed by atoms with Gasteiger partial charge in [0.05, 0.1) is 5.69 Å². The fourth-order valence-electron chi connectivity index (χ4n) is 3.19. The molecule has 1 aliphatic heterocycles. The van der Waals surface area contributed by atoms with Crippen LogP contribution in [0.4, 0.5) is 5.13 Å². The lowest BCUT2D eigenvalue weighted by Crippen LogP contribution is -2.24. The number of nitrogens with zero attached hydrogens (tertiary/aromatic N) is 2. The van der Waals surface area contributed by atoms with Crippen LogP contribution in [0.1, 0.15) is 69.9 Å². The highest BCUT2D eigenvalue weighted by molar-refractivity contribution is 7.15. The van der Waals surface area contributed by atoms with Gasteiger partial charge in [0.1, 0.15) is 0 Å². The quantitative estimate of drug-likeness (QED) is 0.877. The van der Waals surface area contributed by atoms with E-state index in [1.165, 1.54) is 35.0 Å². The van der Waals surface area contributed by atoms with E-state index in [2.05, 4.69) is 32.6 Å². The van der Waals surface area contributed by atoms with Crippen LogP contribution in [0.2, 0.25) is 0 Å². The fraction of sp³-hybridized carbons (Fsp3) is 0.824. The lowest BCUT2D eigenvalue weighted by atomic mass is 9.89. The molecule has 0 radical (unpaired) electrons. The van der Waals surface area contributed by atoms with E-state index in [9.17, 15) is 0 Å². The molecule has 2 rings (SSSR count). The minimum atomic E-state index is 0.518. The lowest BCUT2D eigenvalue weighted by molar-refractivity contribution is 0.351. The van der Waals surface area contributed by atoms with Crippen molar-refractivity contribution in [2.75, 3.05) is 18.0 Å². The molecule has 21 heavy (non-hydrogen) atoms. The van der Waals surface area contributed by atoms with E-state index in [1.807, 2.05) is 11.3 Å². The average molecular weight is 310 g/mol. The summed E-state index contributed by atoms with van der Waals surface area (Å²) < 4.78 is 0. The van der Waals surface area contributed by atoms with Crippen molar-refractivity contribution in [1.82, 2.24) is 4.98 Å². The number of nitrogens with two attached hydrogens (primary N) is 1. The van der Waals surface area contributed by atoms with Gasteiger partial charge in [-0.05, 0) is 43.4 Å². The van der Waals surface area contributed by atoms with E-state index in [0.717, 1.165) is 31.3 Å². The zero-order valence-corrected chi connectivity index (χ0v) is 14.9. The summed E-state index contributed by atoms with van der Waals surface area (Å²) in [6.45, 7) is 12.1. The first-order chi connectivity index (χ1) is 10.1. The summed E-state index contributed by atoms with van der Waals surface area (Å²) in [6, 6.07) is 0. The monoisotopic (exact) mass is 309 g/mol. The topological polar surface area (TPSA) is 42.2 Å². The van der Waals surface area contributed by atoms with Crippen LogP contribution in [0.15, 0.2) is 0 Å². The van der Waals surface area contributed by atoms with Crippen molar-refractivity contribution in [2.45, 2.75) is 65.8 Å². The maximum absolute atomic E-state index is 5.93. The largest absolute Gasteiger partial charge is 0.348 e. The third kappa shape index (κ3) is 3.98. The summed E-state index contributed by atoms with van der Waals surface area (Å²) >= 11 is 1.82. The number of rotatable bonds is 5. The predicted octanol–water partition coefficient (Wildman–Crippen LogP) is 4.38. The number of aromatic nitrogens is 1. The van der Waals surface area contributed by atoms with Gasteiger partial charge in [-0.1, -0.05) is 27.7 Å². The van der Waals surface area contributed by atoms with Gasteiger partial charge in [-0.25, -0.2) is 4.98 Å². The summed E-state index contributed by atoms with van der Waals surface area (Å²) in [5, 5.41) is 1.20. The SMILES string of the molecule is CCC(C)c1nc(N2CCCC(C(C)C)CC2)sc1CN. The summed E-state index contributed by atoms with van der Waals surface area (Å²) in [6.07, 6.45) is 5.08. The molecule has 4 heteroatoms. The highest BCUT2D eigenvalue weighted by atomic mass is 32.1. The Labute approximate surface area is 133 Å². The highest BCUT2D eigenvalue weighted by Crippen LogP contribution is 2.34. The second kappa shape index (κ2) is 7.59. The molecule has 1 saturated heterocycles. The molecule has 1 aromatic heterocycles. The predicted molar refractivity (Wildman–Crippen MR) is 93.1 cm³/mol. The Bertz CT molecular complexity index is 441. The van der Waals surface area contributed by atoms with Crippen molar-refractivity contribution in [2.24, 2.45) is 17.6 Å². The zero-order chi connectivity index (χ0) is 15.4. The van der Waals surface area contributed by atoms with Gasteiger partial charge in [-0.2, -0.15) is 0 Å². The molecule has 120 valence electrons. The molecular formula is C17H31N3S. The van der Waals surface area contributed by atoms with Crippen LogP contribution in [-0.2, 0) is 6.54 Å². The van der Waals surface area contributed by atoms with Crippen molar-refractivity contribution in [3.63, 3.8) is 0 Å². The molecule has 3 nitrogen and oxygen atoms in total. The number of hydrogen-bond donors (Lipinski definition) is 1. The molecule has 0 bridgehead atoms. The summed E-state index contributed by atoms with van der Waals surface area (Å²) in [5.41, 5.74) is 7.17. The van der Waals surface area contributed by atoms with Gasteiger partial charge >= 0.3 is 0 Å². The van der Waals surface area contributed by atoms with Crippen LogP contribution >= 0.6 is 11.3 Å². The molecule has 0 saturated carbocycles. The Kier molecular flexibility index (Phi) is 6.06.